The third-order valence-corrected chi connectivity index (χ3v) is 4.36. The Kier molecular flexibility index (Phi) is 3.75. The highest BCUT2D eigenvalue weighted by molar-refractivity contribution is 6.00. The van der Waals surface area contributed by atoms with Gasteiger partial charge in [-0.15, -0.1) is 0 Å². The zero-order valence-electron chi connectivity index (χ0n) is 13.0. The highest BCUT2D eigenvalue weighted by Gasteiger charge is 2.49. The Bertz CT molecular complexity index is 693. The quantitative estimate of drug-likeness (QED) is 0.938. The van der Waals surface area contributed by atoms with Gasteiger partial charge >= 0.3 is 0 Å². The maximum absolute atomic E-state index is 12.7. The Hall–Kier alpha value is -2.13. The number of carbonyl (C=O) groups excluding carboxylic acids is 1. The molecule has 0 fully saturated rings. The van der Waals surface area contributed by atoms with E-state index in [2.05, 4.69) is 6.92 Å². The number of hydrogen-bond acceptors (Lipinski definition) is 2. The monoisotopic (exact) mass is 295 g/mol. The van der Waals surface area contributed by atoms with Crippen LogP contribution in [0.15, 0.2) is 48.5 Å². The first kappa shape index (κ1) is 14.8. The van der Waals surface area contributed by atoms with E-state index < -0.39 is 5.72 Å². The second kappa shape index (κ2) is 5.58. The van der Waals surface area contributed by atoms with Gasteiger partial charge in [-0.25, -0.2) is 0 Å². The Morgan fingerprint density at radius 1 is 1.09 bits per heavy atom. The number of amides is 1. The lowest BCUT2D eigenvalue weighted by atomic mass is 9.93. The number of aryl methyl sites for hydroxylation is 1. The first-order chi connectivity index (χ1) is 10.6. The molecule has 0 spiro atoms. The maximum Gasteiger partial charge on any atom is 0.257 e. The van der Waals surface area contributed by atoms with E-state index in [-0.39, 0.29) is 5.91 Å². The van der Waals surface area contributed by atoms with Crippen LogP contribution in [-0.4, -0.2) is 22.5 Å². The summed E-state index contributed by atoms with van der Waals surface area (Å²) in [4.78, 5) is 14.3. The van der Waals surface area contributed by atoms with Crippen molar-refractivity contribution in [2.75, 3.05) is 6.54 Å². The van der Waals surface area contributed by atoms with Crippen molar-refractivity contribution >= 4 is 5.91 Å². The summed E-state index contributed by atoms with van der Waals surface area (Å²) in [5, 5.41) is 11.5. The smallest absolute Gasteiger partial charge is 0.257 e. The average Bonchev–Trinajstić information content (AvgIpc) is 2.76. The van der Waals surface area contributed by atoms with Gasteiger partial charge in [0, 0.05) is 23.2 Å². The van der Waals surface area contributed by atoms with Crippen LogP contribution in [0.4, 0.5) is 0 Å². The maximum atomic E-state index is 12.7. The van der Waals surface area contributed by atoms with Gasteiger partial charge in [-0.05, 0) is 19.4 Å². The van der Waals surface area contributed by atoms with Crippen molar-refractivity contribution in [3.05, 3.63) is 70.8 Å². The van der Waals surface area contributed by atoms with Crippen LogP contribution < -0.4 is 0 Å². The van der Waals surface area contributed by atoms with Crippen molar-refractivity contribution in [3.63, 3.8) is 0 Å². The van der Waals surface area contributed by atoms with Crippen LogP contribution in [0.2, 0.25) is 0 Å². The molecule has 1 atom stereocenters. The molecule has 3 nitrogen and oxygen atoms in total. The van der Waals surface area contributed by atoms with E-state index in [0.717, 1.165) is 24.0 Å². The van der Waals surface area contributed by atoms with E-state index in [1.54, 1.807) is 11.0 Å². The Morgan fingerprint density at radius 3 is 2.45 bits per heavy atom. The van der Waals surface area contributed by atoms with Gasteiger partial charge < -0.3 is 10.0 Å². The molecule has 0 radical (unpaired) electrons. The minimum atomic E-state index is -1.36. The zero-order chi connectivity index (χ0) is 15.7. The summed E-state index contributed by atoms with van der Waals surface area (Å²) in [7, 11) is 0. The lowest BCUT2D eigenvalue weighted by Crippen LogP contribution is -2.45. The lowest BCUT2D eigenvalue weighted by molar-refractivity contribution is -0.0503. The zero-order valence-corrected chi connectivity index (χ0v) is 13.0. The number of fused-ring (bicyclic) bond motifs is 1. The predicted octanol–water partition coefficient (Wildman–Crippen LogP) is 3.44. The molecule has 1 unspecified atom stereocenters. The van der Waals surface area contributed by atoms with Crippen LogP contribution in [0, 0.1) is 6.92 Å². The fourth-order valence-corrected chi connectivity index (χ4v) is 3.09. The van der Waals surface area contributed by atoms with Crippen molar-refractivity contribution in [1.82, 2.24) is 4.90 Å². The fourth-order valence-electron chi connectivity index (χ4n) is 3.09. The topological polar surface area (TPSA) is 40.5 Å². The van der Waals surface area contributed by atoms with Gasteiger partial charge in [0.15, 0.2) is 5.72 Å². The van der Waals surface area contributed by atoms with E-state index in [0.29, 0.717) is 17.7 Å². The van der Waals surface area contributed by atoms with Gasteiger partial charge in [-0.3, -0.25) is 4.79 Å². The Morgan fingerprint density at radius 2 is 1.77 bits per heavy atom. The molecule has 1 heterocycles. The van der Waals surface area contributed by atoms with Crippen LogP contribution in [0.1, 0.15) is 46.8 Å². The number of benzene rings is 2. The van der Waals surface area contributed by atoms with E-state index in [1.165, 1.54) is 0 Å². The van der Waals surface area contributed by atoms with Gasteiger partial charge in [-0.2, -0.15) is 0 Å². The molecule has 0 aliphatic carbocycles. The Balaban J connectivity index is 2.15. The molecule has 114 valence electrons. The molecule has 2 aromatic carbocycles. The molecule has 1 amide bonds. The van der Waals surface area contributed by atoms with Crippen molar-refractivity contribution in [3.8, 4) is 0 Å². The van der Waals surface area contributed by atoms with Crippen molar-refractivity contribution in [2.45, 2.75) is 32.4 Å². The SMILES string of the molecule is CCCCN1C(=O)c2ccccc2C1(O)c1ccc(C)cc1. The number of rotatable bonds is 4. The van der Waals surface area contributed by atoms with E-state index >= 15 is 0 Å². The standard InChI is InChI=1S/C19H21NO2/c1-3-4-13-20-18(21)16-7-5-6-8-17(16)19(20,22)15-11-9-14(2)10-12-15/h5-12,22H,3-4,13H2,1-2H3. The third-order valence-electron chi connectivity index (χ3n) is 4.36. The van der Waals surface area contributed by atoms with Crippen molar-refractivity contribution in [1.29, 1.82) is 0 Å². The van der Waals surface area contributed by atoms with Crippen molar-refractivity contribution < 1.29 is 9.90 Å². The molecular weight excluding hydrogens is 274 g/mol. The highest BCUT2D eigenvalue weighted by Crippen LogP contribution is 2.42. The second-order valence-electron chi connectivity index (χ2n) is 5.89. The summed E-state index contributed by atoms with van der Waals surface area (Å²) >= 11 is 0. The first-order valence-corrected chi connectivity index (χ1v) is 7.80. The van der Waals surface area contributed by atoms with Gasteiger partial charge in [0.05, 0.1) is 0 Å². The number of carbonyl (C=O) groups is 1. The molecule has 1 aliphatic rings. The van der Waals surface area contributed by atoms with Gasteiger partial charge in [-0.1, -0.05) is 61.4 Å². The molecule has 3 rings (SSSR count). The average molecular weight is 295 g/mol. The third kappa shape index (κ3) is 2.13. The summed E-state index contributed by atoms with van der Waals surface area (Å²) in [5.74, 6) is -0.0906. The minimum Gasteiger partial charge on any atom is -0.363 e. The molecular formula is C19H21NO2. The number of nitrogens with zero attached hydrogens (tertiary/aromatic N) is 1. The van der Waals surface area contributed by atoms with Gasteiger partial charge in [0.1, 0.15) is 0 Å². The summed E-state index contributed by atoms with van der Waals surface area (Å²) in [6, 6.07) is 15.1. The molecule has 2 aromatic rings. The first-order valence-electron chi connectivity index (χ1n) is 7.80. The molecule has 22 heavy (non-hydrogen) atoms. The van der Waals surface area contributed by atoms with E-state index in [1.807, 2.05) is 49.4 Å². The summed E-state index contributed by atoms with van der Waals surface area (Å²) < 4.78 is 0. The van der Waals surface area contributed by atoms with Crippen LogP contribution in [-0.2, 0) is 5.72 Å². The minimum absolute atomic E-state index is 0.0906. The van der Waals surface area contributed by atoms with Gasteiger partial charge in [0.25, 0.3) is 5.91 Å². The molecule has 0 saturated heterocycles. The van der Waals surface area contributed by atoms with Crippen LogP contribution in [0.5, 0.6) is 0 Å². The van der Waals surface area contributed by atoms with Crippen LogP contribution in [0.25, 0.3) is 0 Å². The molecule has 0 bridgehead atoms. The van der Waals surface area contributed by atoms with E-state index in [4.69, 9.17) is 0 Å². The summed E-state index contributed by atoms with van der Waals surface area (Å²) in [6.45, 7) is 4.64. The number of aliphatic hydroxyl groups is 1. The van der Waals surface area contributed by atoms with Gasteiger partial charge in [0.2, 0.25) is 0 Å². The normalized spacial score (nSPS) is 20.3. The number of unbranched alkanes of at least 4 members (excludes halogenated alkanes) is 1. The predicted molar refractivity (Wildman–Crippen MR) is 86.6 cm³/mol. The second-order valence-corrected chi connectivity index (χ2v) is 5.89. The van der Waals surface area contributed by atoms with Crippen LogP contribution in [0.3, 0.4) is 0 Å². The van der Waals surface area contributed by atoms with Crippen LogP contribution >= 0.6 is 0 Å². The van der Waals surface area contributed by atoms with E-state index in [9.17, 15) is 9.90 Å². The largest absolute Gasteiger partial charge is 0.363 e. The lowest BCUT2D eigenvalue weighted by Gasteiger charge is -2.35. The number of hydrogen-bond donors (Lipinski definition) is 1. The summed E-state index contributed by atoms with van der Waals surface area (Å²) in [6.07, 6.45) is 1.85. The molecule has 3 heteroatoms. The molecule has 0 aromatic heterocycles. The highest BCUT2D eigenvalue weighted by atomic mass is 16.3. The fraction of sp³-hybridized carbons (Fsp3) is 0.316. The summed E-state index contributed by atoms with van der Waals surface area (Å²) in [5.41, 5.74) is 1.79. The van der Waals surface area contributed by atoms with Crippen molar-refractivity contribution in [2.24, 2.45) is 0 Å². The Labute approximate surface area is 131 Å². The molecule has 1 aliphatic heterocycles. The molecule has 1 N–H and O–H groups in total. The molecule has 0 saturated carbocycles.